The van der Waals surface area contributed by atoms with Gasteiger partial charge in [0.2, 0.25) is 11.8 Å². The third-order valence-corrected chi connectivity index (χ3v) is 7.70. The van der Waals surface area contributed by atoms with Crippen molar-refractivity contribution < 1.29 is 34.0 Å². The molecule has 2 aliphatic heterocycles. The van der Waals surface area contributed by atoms with E-state index in [1.165, 1.54) is 18.3 Å². The van der Waals surface area contributed by atoms with Gasteiger partial charge < -0.3 is 34.5 Å². The average Bonchev–Trinajstić information content (AvgIpc) is 3.15. The van der Waals surface area contributed by atoms with Crippen LogP contribution in [0.25, 0.3) is 16.7 Å². The summed E-state index contributed by atoms with van der Waals surface area (Å²) in [6.45, 7) is 7.39. The number of thiophene rings is 1. The van der Waals surface area contributed by atoms with Gasteiger partial charge in [0.15, 0.2) is 5.76 Å². The zero-order valence-electron chi connectivity index (χ0n) is 20.4. The second-order valence-electron chi connectivity index (χ2n) is 9.73. The molecular weight excluding hydrogens is 472 g/mol. The Balaban J connectivity index is 1.30. The number of carbonyl (C=O) groups excluding carboxylic acids is 1. The van der Waals surface area contributed by atoms with E-state index in [-0.39, 0.29) is 30.0 Å². The number of amides is 1. The van der Waals surface area contributed by atoms with Gasteiger partial charge in [-0.05, 0) is 38.8 Å². The smallest absolute Gasteiger partial charge is 0.221 e. The maximum atomic E-state index is 11.2. The van der Waals surface area contributed by atoms with Crippen LogP contribution in [0.4, 0.5) is 5.69 Å². The fourth-order valence-electron chi connectivity index (χ4n) is 4.50. The van der Waals surface area contributed by atoms with Gasteiger partial charge in [0.1, 0.15) is 6.10 Å². The minimum absolute atomic E-state index is 0.0147. The first-order chi connectivity index (χ1) is 16.6. The highest BCUT2D eigenvalue weighted by Gasteiger charge is 2.48. The molecule has 4 rings (SSSR count). The highest BCUT2D eigenvalue weighted by molar-refractivity contribution is 7.14. The zero-order valence-corrected chi connectivity index (χ0v) is 21.2. The molecule has 0 radical (unpaired) electrons. The Morgan fingerprint density at radius 3 is 2.77 bits per heavy atom. The van der Waals surface area contributed by atoms with Crippen LogP contribution in [0.5, 0.6) is 0 Å². The number of hydrogen-bond acceptors (Lipinski definition) is 9. The zero-order chi connectivity index (χ0) is 25.3. The van der Waals surface area contributed by atoms with Crippen LogP contribution in [0.3, 0.4) is 0 Å². The molecule has 0 bridgehead atoms. The van der Waals surface area contributed by atoms with Crippen molar-refractivity contribution in [2.24, 2.45) is 11.8 Å². The molecule has 35 heavy (non-hydrogen) atoms. The molecule has 2 aromatic rings. The number of nitrogens with one attached hydrogen (secondary N) is 1. The number of carbonyl (C=O) groups is 1. The predicted molar refractivity (Wildman–Crippen MR) is 132 cm³/mol. The summed E-state index contributed by atoms with van der Waals surface area (Å²) in [6.07, 6.45) is 1.51. The highest BCUT2D eigenvalue weighted by atomic mass is 32.1. The van der Waals surface area contributed by atoms with Crippen molar-refractivity contribution in [1.82, 2.24) is 4.98 Å². The van der Waals surface area contributed by atoms with Crippen molar-refractivity contribution in [2.45, 2.75) is 77.2 Å². The Bertz CT molecular complexity index is 1050. The maximum absolute atomic E-state index is 11.2. The lowest BCUT2D eigenvalue weighted by atomic mass is 9.85. The topological polar surface area (TPSA) is 138 Å². The molecule has 2 fully saturated rings. The monoisotopic (exact) mass is 506 g/mol. The lowest BCUT2D eigenvalue weighted by Gasteiger charge is -2.38. The van der Waals surface area contributed by atoms with Crippen molar-refractivity contribution in [3.63, 3.8) is 0 Å². The molecule has 10 heteroatoms. The van der Waals surface area contributed by atoms with E-state index >= 15 is 0 Å². The Morgan fingerprint density at radius 1 is 1.29 bits per heavy atom. The van der Waals surface area contributed by atoms with Gasteiger partial charge in [-0.1, -0.05) is 12.5 Å². The van der Waals surface area contributed by atoms with E-state index in [9.17, 15) is 20.1 Å². The van der Waals surface area contributed by atoms with Gasteiger partial charge in [0.05, 0.1) is 53.9 Å². The minimum Gasteiger partial charge on any atom is -0.436 e. The van der Waals surface area contributed by atoms with Gasteiger partial charge in [-0.3, -0.25) is 4.79 Å². The lowest BCUT2D eigenvalue weighted by molar-refractivity contribution is -0.165. The fraction of sp³-hybridized carbons (Fsp3) is 0.600. The van der Waals surface area contributed by atoms with Crippen molar-refractivity contribution in [3.8, 4) is 10.6 Å². The molecule has 9 nitrogen and oxygen atoms in total. The van der Waals surface area contributed by atoms with Gasteiger partial charge in [0.25, 0.3) is 0 Å². The lowest BCUT2D eigenvalue weighted by Crippen LogP contribution is -2.50. The molecular formula is C25H34N2O7S. The second kappa shape index (κ2) is 10.9. The van der Waals surface area contributed by atoms with Crippen LogP contribution in [-0.4, -0.2) is 69.4 Å². The van der Waals surface area contributed by atoms with E-state index < -0.39 is 24.4 Å². The summed E-state index contributed by atoms with van der Waals surface area (Å²) in [4.78, 5) is 16.4. The summed E-state index contributed by atoms with van der Waals surface area (Å²) in [7, 11) is 0. The summed E-state index contributed by atoms with van der Waals surface area (Å²) in [5.74, 6) is 0.708. The van der Waals surface area contributed by atoms with Crippen molar-refractivity contribution >= 4 is 29.0 Å². The molecule has 0 aromatic carbocycles. The number of aliphatic hydroxyl groups is 3. The molecule has 2 aromatic heterocycles. The number of aliphatic hydroxyl groups excluding tert-OH is 3. The first-order valence-corrected chi connectivity index (χ1v) is 12.8. The Kier molecular flexibility index (Phi) is 8.09. The van der Waals surface area contributed by atoms with Crippen LogP contribution in [0.1, 0.15) is 46.4 Å². The van der Waals surface area contributed by atoms with Gasteiger partial charge >= 0.3 is 0 Å². The molecule has 0 saturated carbocycles. The van der Waals surface area contributed by atoms with Crippen LogP contribution >= 0.6 is 11.3 Å². The van der Waals surface area contributed by atoms with Gasteiger partial charge in [-0.15, -0.1) is 11.3 Å². The van der Waals surface area contributed by atoms with Gasteiger partial charge in [-0.25, -0.2) is 4.98 Å². The summed E-state index contributed by atoms with van der Waals surface area (Å²) in [5.41, 5.74) is 1.61. The van der Waals surface area contributed by atoms with Crippen molar-refractivity contribution in [2.75, 3.05) is 11.9 Å². The van der Waals surface area contributed by atoms with E-state index in [2.05, 4.69) is 10.3 Å². The molecule has 1 amide bonds. The van der Waals surface area contributed by atoms with Crippen molar-refractivity contribution in [1.29, 1.82) is 0 Å². The number of epoxide rings is 1. The van der Waals surface area contributed by atoms with Crippen LogP contribution < -0.4 is 5.32 Å². The largest absolute Gasteiger partial charge is 0.436 e. The molecule has 192 valence electrons. The Hall–Kier alpha value is -2.08. The quantitative estimate of drug-likeness (QED) is 0.381. The number of rotatable bonds is 9. The molecule has 2 saturated heterocycles. The predicted octanol–water partition coefficient (Wildman–Crippen LogP) is 3.07. The number of oxazole rings is 1. The summed E-state index contributed by atoms with van der Waals surface area (Å²) in [6, 6.07) is 1.83. The van der Waals surface area contributed by atoms with E-state index in [0.29, 0.717) is 36.8 Å². The maximum Gasteiger partial charge on any atom is 0.221 e. The van der Waals surface area contributed by atoms with Gasteiger partial charge in [0, 0.05) is 24.1 Å². The molecule has 2 aliphatic rings. The number of hydrogen-bond donors (Lipinski definition) is 4. The molecule has 8 atom stereocenters. The first-order valence-electron chi connectivity index (χ1n) is 11.9. The standard InChI is InChI=1S/C25H34N2O7S/c1-12(6-22-26-9-20(33-22)21-8-17(11-35-21)27-15(4)29)5-18-24(31)23(30)16(10-32-18)7-19-25(34-19)13(2)14(3)28/h6,8-9,11,13-14,16,18-19,23-25,28,30-31H,5,7,10H2,1-4H3,(H,27,29)/b12-6+/t13-,14-,16-,18-,19-,23+,24-,25-/m0/s1. The number of anilines is 1. The second-order valence-corrected chi connectivity index (χ2v) is 10.6. The highest BCUT2D eigenvalue weighted by Crippen LogP contribution is 2.38. The third kappa shape index (κ3) is 6.38. The van der Waals surface area contributed by atoms with Gasteiger partial charge in [-0.2, -0.15) is 0 Å². The minimum atomic E-state index is -1.01. The van der Waals surface area contributed by atoms with E-state index in [4.69, 9.17) is 13.9 Å². The van der Waals surface area contributed by atoms with Crippen LogP contribution in [0.2, 0.25) is 0 Å². The molecule has 4 heterocycles. The SMILES string of the molecule is CC(=O)Nc1csc(-c2cnc(/C=C(\C)C[C@@H]3OC[C@H](C[C@@H]4O[C@H]4[C@@H](C)[C@H](C)O)[C@@H](O)[C@H]3O)o2)c1. The summed E-state index contributed by atoms with van der Waals surface area (Å²) >= 11 is 1.45. The average molecular weight is 507 g/mol. The molecule has 0 spiro atoms. The van der Waals surface area contributed by atoms with E-state index in [1.807, 2.05) is 25.3 Å². The summed E-state index contributed by atoms with van der Waals surface area (Å²) < 4.78 is 17.4. The molecule has 0 aliphatic carbocycles. The van der Waals surface area contributed by atoms with Crippen LogP contribution in [-0.2, 0) is 14.3 Å². The summed E-state index contributed by atoms with van der Waals surface area (Å²) in [5, 5.41) is 35.7. The molecule has 4 N–H and O–H groups in total. The number of ether oxygens (including phenoxy) is 2. The van der Waals surface area contributed by atoms with Crippen molar-refractivity contribution in [3.05, 3.63) is 29.1 Å². The van der Waals surface area contributed by atoms with Crippen LogP contribution in [0.15, 0.2) is 27.6 Å². The molecule has 0 unspecified atom stereocenters. The van der Waals surface area contributed by atoms with E-state index in [0.717, 1.165) is 10.5 Å². The third-order valence-electron chi connectivity index (χ3n) is 6.75. The fourth-order valence-corrected chi connectivity index (χ4v) is 5.29. The Labute approximate surface area is 208 Å². The van der Waals surface area contributed by atoms with E-state index in [1.54, 1.807) is 19.2 Å². The Morgan fingerprint density at radius 2 is 2.06 bits per heavy atom. The first kappa shape index (κ1) is 26.0. The normalized spacial score (nSPS) is 30.7. The number of nitrogens with zero attached hydrogens (tertiary/aromatic N) is 1. The van der Waals surface area contributed by atoms with Crippen LogP contribution in [0, 0.1) is 11.8 Å². The number of aromatic nitrogens is 1.